The molecule has 0 saturated carbocycles. The molecule has 0 unspecified atom stereocenters. The van der Waals surface area contributed by atoms with Gasteiger partial charge in [-0.3, -0.25) is 14.3 Å². The van der Waals surface area contributed by atoms with Crippen LogP contribution in [-0.4, -0.2) is 27.3 Å². The van der Waals surface area contributed by atoms with Crippen molar-refractivity contribution in [2.24, 2.45) is 12.1 Å². The van der Waals surface area contributed by atoms with Crippen LogP contribution in [0.1, 0.15) is 39.1 Å². The van der Waals surface area contributed by atoms with Gasteiger partial charge in [0.25, 0.3) is 11.8 Å². The lowest BCUT2D eigenvalue weighted by Gasteiger charge is -2.08. The van der Waals surface area contributed by atoms with Gasteiger partial charge in [0.15, 0.2) is 0 Å². The minimum absolute atomic E-state index is 0.259. The number of nitrogens with zero attached hydrogens (tertiary/aromatic N) is 3. The molecule has 3 rings (SSSR count). The van der Waals surface area contributed by atoms with Gasteiger partial charge in [-0.05, 0) is 43.7 Å². The van der Waals surface area contributed by atoms with Gasteiger partial charge in [-0.2, -0.15) is 10.2 Å². The Bertz CT molecular complexity index is 1020. The second-order valence-corrected chi connectivity index (χ2v) is 5.90. The second kappa shape index (κ2) is 7.69. The fourth-order valence-electron chi connectivity index (χ4n) is 2.49. The van der Waals surface area contributed by atoms with Crippen LogP contribution in [0.2, 0.25) is 0 Å². The van der Waals surface area contributed by atoms with E-state index in [1.54, 1.807) is 57.4 Å². The van der Waals surface area contributed by atoms with Crippen LogP contribution in [0.25, 0.3) is 0 Å². The van der Waals surface area contributed by atoms with Gasteiger partial charge in [0.2, 0.25) is 0 Å². The van der Waals surface area contributed by atoms with E-state index in [-0.39, 0.29) is 11.8 Å². The van der Waals surface area contributed by atoms with Crippen molar-refractivity contribution in [3.63, 3.8) is 0 Å². The second-order valence-electron chi connectivity index (χ2n) is 5.90. The molecule has 2 aromatic heterocycles. The zero-order valence-corrected chi connectivity index (χ0v) is 15.2. The molecule has 0 spiro atoms. The molecule has 27 heavy (non-hydrogen) atoms. The monoisotopic (exact) mass is 365 g/mol. The number of hydrogen-bond acceptors (Lipinski definition) is 5. The van der Waals surface area contributed by atoms with E-state index in [0.717, 1.165) is 5.56 Å². The number of benzene rings is 1. The first-order chi connectivity index (χ1) is 13.0. The Morgan fingerprint density at radius 2 is 2.00 bits per heavy atom. The van der Waals surface area contributed by atoms with Crippen molar-refractivity contribution in [2.75, 3.05) is 5.32 Å². The van der Waals surface area contributed by atoms with Crippen molar-refractivity contribution in [1.82, 2.24) is 15.2 Å². The molecule has 0 aliphatic heterocycles. The standard InChI is InChI=1S/C19H19N5O3/c1-12(22-23-18(25)16-8-10-27-13(16)2)14-5-4-6-15(11-14)21-19(26)17-7-9-20-24(17)3/h4-11H,1-3H3,(H,21,26)(H,23,25)/b22-12-. The zero-order chi connectivity index (χ0) is 19.4. The normalized spacial score (nSPS) is 11.3. The number of hydrogen-bond donors (Lipinski definition) is 2. The van der Waals surface area contributed by atoms with E-state index in [1.165, 1.54) is 10.9 Å². The summed E-state index contributed by atoms with van der Waals surface area (Å²) >= 11 is 0. The first kappa shape index (κ1) is 18.1. The van der Waals surface area contributed by atoms with Crippen LogP contribution in [-0.2, 0) is 7.05 Å². The Hall–Kier alpha value is -3.68. The number of carbonyl (C=O) groups is 2. The molecule has 0 aliphatic carbocycles. The minimum atomic E-state index is -0.346. The highest BCUT2D eigenvalue weighted by molar-refractivity contribution is 6.05. The smallest absolute Gasteiger partial charge is 0.274 e. The quantitative estimate of drug-likeness (QED) is 0.536. The van der Waals surface area contributed by atoms with E-state index in [1.807, 2.05) is 6.07 Å². The summed E-state index contributed by atoms with van der Waals surface area (Å²) in [6.07, 6.45) is 3.02. The fourth-order valence-corrected chi connectivity index (χ4v) is 2.49. The number of amides is 2. The molecule has 138 valence electrons. The van der Waals surface area contributed by atoms with Crippen LogP contribution < -0.4 is 10.7 Å². The number of carbonyl (C=O) groups excluding carboxylic acids is 2. The number of hydrazone groups is 1. The van der Waals surface area contributed by atoms with Gasteiger partial charge in [0.05, 0.1) is 17.5 Å². The highest BCUT2D eigenvalue weighted by atomic mass is 16.3. The number of aromatic nitrogens is 2. The van der Waals surface area contributed by atoms with Crippen LogP contribution >= 0.6 is 0 Å². The van der Waals surface area contributed by atoms with Crippen molar-refractivity contribution >= 4 is 23.2 Å². The third kappa shape index (κ3) is 4.12. The molecule has 0 fully saturated rings. The molecule has 1 aromatic carbocycles. The SMILES string of the molecule is C/C(=N/NC(=O)c1ccoc1C)c1cccc(NC(=O)c2ccnn2C)c1. The van der Waals surface area contributed by atoms with E-state index < -0.39 is 0 Å². The number of nitrogens with one attached hydrogen (secondary N) is 2. The van der Waals surface area contributed by atoms with Gasteiger partial charge in [-0.1, -0.05) is 12.1 Å². The molecule has 2 N–H and O–H groups in total. The number of aryl methyl sites for hydroxylation is 2. The van der Waals surface area contributed by atoms with Gasteiger partial charge < -0.3 is 9.73 Å². The fraction of sp³-hybridized carbons (Fsp3) is 0.158. The molecule has 8 nitrogen and oxygen atoms in total. The maximum Gasteiger partial charge on any atom is 0.274 e. The van der Waals surface area contributed by atoms with Crippen molar-refractivity contribution in [2.45, 2.75) is 13.8 Å². The van der Waals surface area contributed by atoms with Crippen molar-refractivity contribution in [1.29, 1.82) is 0 Å². The minimum Gasteiger partial charge on any atom is -0.469 e. The van der Waals surface area contributed by atoms with Gasteiger partial charge in [-0.15, -0.1) is 0 Å². The lowest BCUT2D eigenvalue weighted by molar-refractivity contribution is 0.0952. The molecule has 0 saturated heterocycles. The zero-order valence-electron chi connectivity index (χ0n) is 15.2. The third-order valence-electron chi connectivity index (χ3n) is 4.02. The first-order valence-corrected chi connectivity index (χ1v) is 8.24. The maximum absolute atomic E-state index is 12.3. The van der Waals surface area contributed by atoms with E-state index in [4.69, 9.17) is 4.42 Å². The first-order valence-electron chi connectivity index (χ1n) is 8.24. The molecule has 2 heterocycles. The van der Waals surface area contributed by atoms with Crippen molar-refractivity contribution in [3.8, 4) is 0 Å². The lowest BCUT2D eigenvalue weighted by Crippen LogP contribution is -2.19. The van der Waals surface area contributed by atoms with Gasteiger partial charge in [-0.25, -0.2) is 5.43 Å². The van der Waals surface area contributed by atoms with Crippen molar-refractivity contribution in [3.05, 3.63) is 71.4 Å². The molecule has 3 aromatic rings. The van der Waals surface area contributed by atoms with Crippen LogP contribution in [0, 0.1) is 6.92 Å². The summed E-state index contributed by atoms with van der Waals surface area (Å²) in [6.45, 7) is 3.48. The summed E-state index contributed by atoms with van der Waals surface area (Å²) in [6, 6.07) is 10.4. The Morgan fingerprint density at radius 3 is 2.67 bits per heavy atom. The largest absolute Gasteiger partial charge is 0.469 e. The highest BCUT2D eigenvalue weighted by Crippen LogP contribution is 2.13. The molecule has 0 atom stereocenters. The predicted molar refractivity (Wildman–Crippen MR) is 101 cm³/mol. The lowest BCUT2D eigenvalue weighted by atomic mass is 10.1. The Labute approximate surface area is 155 Å². The van der Waals surface area contributed by atoms with Crippen LogP contribution in [0.4, 0.5) is 5.69 Å². The molecular formula is C19H19N5O3. The average molecular weight is 365 g/mol. The van der Waals surface area contributed by atoms with Crippen LogP contribution in [0.5, 0.6) is 0 Å². The van der Waals surface area contributed by atoms with E-state index in [9.17, 15) is 9.59 Å². The van der Waals surface area contributed by atoms with Gasteiger partial charge in [0, 0.05) is 18.9 Å². The third-order valence-corrected chi connectivity index (χ3v) is 4.02. The van der Waals surface area contributed by atoms with E-state index in [0.29, 0.717) is 28.4 Å². The average Bonchev–Trinajstić information content (AvgIpc) is 3.27. The van der Waals surface area contributed by atoms with E-state index >= 15 is 0 Å². The Morgan fingerprint density at radius 1 is 1.19 bits per heavy atom. The highest BCUT2D eigenvalue weighted by Gasteiger charge is 2.12. The number of furan rings is 1. The Balaban J connectivity index is 1.71. The van der Waals surface area contributed by atoms with Crippen LogP contribution in [0.3, 0.4) is 0 Å². The molecule has 0 bridgehead atoms. The molecule has 2 amide bonds. The number of anilines is 1. The summed E-state index contributed by atoms with van der Waals surface area (Å²) in [7, 11) is 1.70. The summed E-state index contributed by atoms with van der Waals surface area (Å²) in [5.74, 6) is -0.0769. The maximum atomic E-state index is 12.3. The van der Waals surface area contributed by atoms with Crippen molar-refractivity contribution < 1.29 is 14.0 Å². The van der Waals surface area contributed by atoms with E-state index in [2.05, 4.69) is 20.9 Å². The summed E-state index contributed by atoms with van der Waals surface area (Å²) < 4.78 is 6.61. The molecular weight excluding hydrogens is 346 g/mol. The summed E-state index contributed by atoms with van der Waals surface area (Å²) in [4.78, 5) is 24.4. The van der Waals surface area contributed by atoms with Gasteiger partial charge >= 0.3 is 0 Å². The Kier molecular flexibility index (Phi) is 5.16. The summed E-state index contributed by atoms with van der Waals surface area (Å²) in [5, 5.41) is 10.9. The van der Waals surface area contributed by atoms with Crippen LogP contribution in [0.15, 0.2) is 58.4 Å². The summed E-state index contributed by atoms with van der Waals surface area (Å²) in [5.41, 5.74) is 5.37. The predicted octanol–water partition coefficient (Wildman–Crippen LogP) is 2.73. The molecule has 0 radical (unpaired) electrons. The molecule has 0 aliphatic rings. The number of rotatable bonds is 5. The topological polar surface area (TPSA) is 102 Å². The van der Waals surface area contributed by atoms with Gasteiger partial charge in [0.1, 0.15) is 11.5 Å². The molecule has 8 heteroatoms.